The Balaban J connectivity index is 1.45. The Kier molecular flexibility index (Phi) is 3.92. The van der Waals surface area contributed by atoms with Crippen molar-refractivity contribution in [2.24, 2.45) is 5.41 Å². The zero-order valence-corrected chi connectivity index (χ0v) is 14.2. The first-order valence-corrected chi connectivity index (χ1v) is 8.50. The standard InChI is InChI=1S/C18H23N3O3/c1-13-15(20-24-19-13)10-21-7-3-6-18(2,11-21)9-14-4-5-16-17(8-14)23-12-22-16/h4-5,8H,3,6-7,9-12H2,1-2H3. The molecule has 24 heavy (non-hydrogen) atoms. The number of ether oxygens (including phenoxy) is 2. The van der Waals surface area contributed by atoms with E-state index in [4.69, 9.17) is 14.1 Å². The van der Waals surface area contributed by atoms with Gasteiger partial charge in [0, 0.05) is 13.1 Å². The average molecular weight is 329 g/mol. The molecule has 1 fully saturated rings. The van der Waals surface area contributed by atoms with Gasteiger partial charge in [0.2, 0.25) is 6.79 Å². The molecule has 4 rings (SSSR count). The lowest BCUT2D eigenvalue weighted by Gasteiger charge is -2.40. The predicted octanol–water partition coefficient (Wildman–Crippen LogP) is 2.95. The molecule has 2 aliphatic rings. The first kappa shape index (κ1) is 15.4. The summed E-state index contributed by atoms with van der Waals surface area (Å²) in [4.78, 5) is 2.46. The molecule has 6 nitrogen and oxygen atoms in total. The maximum absolute atomic E-state index is 5.51. The van der Waals surface area contributed by atoms with Crippen LogP contribution in [-0.4, -0.2) is 35.1 Å². The van der Waals surface area contributed by atoms with Crippen LogP contribution < -0.4 is 9.47 Å². The summed E-state index contributed by atoms with van der Waals surface area (Å²) in [5, 5.41) is 7.90. The third kappa shape index (κ3) is 3.11. The van der Waals surface area contributed by atoms with Crippen molar-refractivity contribution in [1.82, 2.24) is 15.2 Å². The number of hydrogen-bond donors (Lipinski definition) is 0. The summed E-state index contributed by atoms with van der Waals surface area (Å²) in [6.45, 7) is 7.61. The molecule has 0 aliphatic carbocycles. The van der Waals surface area contributed by atoms with Crippen LogP contribution >= 0.6 is 0 Å². The number of aromatic nitrogens is 2. The van der Waals surface area contributed by atoms with Crippen LogP contribution in [0.25, 0.3) is 0 Å². The van der Waals surface area contributed by atoms with Gasteiger partial charge < -0.3 is 9.47 Å². The fraction of sp³-hybridized carbons (Fsp3) is 0.556. The molecular weight excluding hydrogens is 306 g/mol. The average Bonchev–Trinajstić information content (AvgIpc) is 3.16. The van der Waals surface area contributed by atoms with Crippen molar-refractivity contribution in [3.8, 4) is 11.5 Å². The maximum Gasteiger partial charge on any atom is 0.231 e. The summed E-state index contributed by atoms with van der Waals surface area (Å²) in [6.07, 6.45) is 3.47. The molecule has 2 aromatic rings. The molecule has 1 unspecified atom stereocenters. The molecule has 2 aliphatic heterocycles. The molecule has 1 aromatic heterocycles. The number of nitrogens with zero attached hydrogens (tertiary/aromatic N) is 3. The van der Waals surface area contributed by atoms with Gasteiger partial charge in [-0.2, -0.15) is 0 Å². The van der Waals surface area contributed by atoms with Crippen LogP contribution in [0.1, 0.15) is 36.7 Å². The Morgan fingerprint density at radius 2 is 2.08 bits per heavy atom. The van der Waals surface area contributed by atoms with Gasteiger partial charge in [-0.3, -0.25) is 4.90 Å². The Hall–Kier alpha value is -2.08. The number of rotatable bonds is 4. The lowest BCUT2D eigenvalue weighted by Crippen LogP contribution is -2.42. The molecule has 0 amide bonds. The third-order valence-electron chi connectivity index (χ3n) is 5.05. The predicted molar refractivity (Wildman–Crippen MR) is 87.9 cm³/mol. The van der Waals surface area contributed by atoms with Crippen LogP contribution in [0, 0.1) is 12.3 Å². The Morgan fingerprint density at radius 1 is 1.21 bits per heavy atom. The molecule has 0 saturated carbocycles. The zero-order valence-electron chi connectivity index (χ0n) is 14.2. The van der Waals surface area contributed by atoms with Gasteiger partial charge in [0.05, 0.1) is 0 Å². The quantitative estimate of drug-likeness (QED) is 0.859. The molecule has 1 saturated heterocycles. The van der Waals surface area contributed by atoms with Gasteiger partial charge in [-0.1, -0.05) is 23.3 Å². The molecule has 0 spiro atoms. The van der Waals surface area contributed by atoms with Crippen molar-refractivity contribution < 1.29 is 14.1 Å². The number of aryl methyl sites for hydroxylation is 1. The number of piperidine rings is 1. The third-order valence-corrected chi connectivity index (χ3v) is 5.05. The van der Waals surface area contributed by atoms with Crippen molar-refractivity contribution in [2.45, 2.75) is 39.7 Å². The molecule has 1 aromatic carbocycles. The van der Waals surface area contributed by atoms with Crippen LogP contribution in [0.2, 0.25) is 0 Å². The van der Waals surface area contributed by atoms with Gasteiger partial charge in [-0.05, 0) is 55.8 Å². The van der Waals surface area contributed by atoms with E-state index >= 15 is 0 Å². The monoisotopic (exact) mass is 329 g/mol. The van der Waals surface area contributed by atoms with E-state index in [9.17, 15) is 0 Å². The fourth-order valence-electron chi connectivity index (χ4n) is 3.86. The largest absolute Gasteiger partial charge is 0.454 e. The van der Waals surface area contributed by atoms with Gasteiger partial charge in [-0.15, -0.1) is 0 Å². The van der Waals surface area contributed by atoms with Crippen molar-refractivity contribution in [3.63, 3.8) is 0 Å². The molecule has 0 N–H and O–H groups in total. The first-order chi connectivity index (χ1) is 11.6. The lowest BCUT2D eigenvalue weighted by molar-refractivity contribution is 0.0947. The maximum atomic E-state index is 5.51. The van der Waals surface area contributed by atoms with Crippen LogP contribution in [0.4, 0.5) is 0 Å². The second kappa shape index (κ2) is 6.09. The van der Waals surface area contributed by atoms with E-state index in [-0.39, 0.29) is 5.41 Å². The molecule has 6 heteroatoms. The van der Waals surface area contributed by atoms with Crippen LogP contribution in [0.15, 0.2) is 22.8 Å². The minimum Gasteiger partial charge on any atom is -0.454 e. The van der Waals surface area contributed by atoms with Crippen molar-refractivity contribution in [2.75, 3.05) is 19.9 Å². The lowest BCUT2D eigenvalue weighted by atomic mass is 9.77. The van der Waals surface area contributed by atoms with E-state index in [1.807, 2.05) is 13.0 Å². The molecule has 0 bridgehead atoms. The topological polar surface area (TPSA) is 60.6 Å². The summed E-state index contributed by atoms with van der Waals surface area (Å²) in [7, 11) is 0. The molecule has 128 valence electrons. The Bertz CT molecular complexity index is 730. The summed E-state index contributed by atoms with van der Waals surface area (Å²) in [5.74, 6) is 1.72. The van der Waals surface area contributed by atoms with E-state index in [0.717, 1.165) is 48.9 Å². The van der Waals surface area contributed by atoms with E-state index in [0.29, 0.717) is 6.79 Å². The minimum atomic E-state index is 0.247. The van der Waals surface area contributed by atoms with Gasteiger partial charge in [0.1, 0.15) is 11.4 Å². The van der Waals surface area contributed by atoms with Crippen LogP contribution in [-0.2, 0) is 13.0 Å². The van der Waals surface area contributed by atoms with Crippen molar-refractivity contribution >= 4 is 0 Å². The van der Waals surface area contributed by atoms with Crippen LogP contribution in [0.5, 0.6) is 11.5 Å². The molecular formula is C18H23N3O3. The van der Waals surface area contributed by atoms with Gasteiger partial charge >= 0.3 is 0 Å². The molecule has 1 atom stereocenters. The highest BCUT2D eigenvalue weighted by Gasteiger charge is 2.32. The van der Waals surface area contributed by atoms with Crippen molar-refractivity contribution in [1.29, 1.82) is 0 Å². The van der Waals surface area contributed by atoms with E-state index in [2.05, 4.69) is 34.3 Å². The van der Waals surface area contributed by atoms with Gasteiger partial charge in [0.15, 0.2) is 11.5 Å². The normalized spacial score (nSPS) is 23.6. The molecule has 0 radical (unpaired) electrons. The summed E-state index contributed by atoms with van der Waals surface area (Å²) < 4.78 is 15.7. The van der Waals surface area contributed by atoms with Gasteiger partial charge in [-0.25, -0.2) is 4.63 Å². The Morgan fingerprint density at radius 3 is 2.92 bits per heavy atom. The zero-order chi connectivity index (χ0) is 16.6. The number of hydrogen-bond acceptors (Lipinski definition) is 6. The highest BCUT2D eigenvalue weighted by Crippen LogP contribution is 2.37. The van der Waals surface area contributed by atoms with Crippen LogP contribution in [0.3, 0.4) is 0 Å². The van der Waals surface area contributed by atoms with Gasteiger partial charge in [0.25, 0.3) is 0 Å². The second-order valence-corrected chi connectivity index (χ2v) is 7.29. The second-order valence-electron chi connectivity index (χ2n) is 7.29. The smallest absolute Gasteiger partial charge is 0.231 e. The number of fused-ring (bicyclic) bond motifs is 1. The molecule has 3 heterocycles. The summed E-state index contributed by atoms with van der Waals surface area (Å²) >= 11 is 0. The van der Waals surface area contributed by atoms with E-state index in [1.165, 1.54) is 18.4 Å². The Labute approximate surface area is 141 Å². The summed E-state index contributed by atoms with van der Waals surface area (Å²) in [6, 6.07) is 6.30. The van der Waals surface area contributed by atoms with E-state index in [1.54, 1.807) is 0 Å². The van der Waals surface area contributed by atoms with Crippen molar-refractivity contribution in [3.05, 3.63) is 35.2 Å². The SMILES string of the molecule is Cc1nonc1CN1CCCC(C)(Cc2ccc3c(c2)OCO3)C1. The minimum absolute atomic E-state index is 0.247. The highest BCUT2D eigenvalue weighted by atomic mass is 16.7. The number of likely N-dealkylation sites (tertiary alicyclic amines) is 1. The number of benzene rings is 1. The first-order valence-electron chi connectivity index (χ1n) is 8.50. The summed E-state index contributed by atoms with van der Waals surface area (Å²) in [5.41, 5.74) is 3.39. The van der Waals surface area contributed by atoms with E-state index < -0.39 is 0 Å². The fourth-order valence-corrected chi connectivity index (χ4v) is 3.86. The highest BCUT2D eigenvalue weighted by molar-refractivity contribution is 5.44.